The molecule has 2 fully saturated rings. The Morgan fingerprint density at radius 2 is 2.00 bits per heavy atom. The number of aryl methyl sites for hydroxylation is 1. The van der Waals surface area contributed by atoms with E-state index in [-0.39, 0.29) is 5.91 Å². The smallest absolute Gasteiger partial charge is 0.240 e. The lowest BCUT2D eigenvalue weighted by Gasteiger charge is -2.34. The SMILES string of the molecule is Cc1noc(CN2CCN(CC(=O)NC3CCCC(C)C3)CC2)n1. The van der Waals surface area contributed by atoms with Gasteiger partial charge in [-0.3, -0.25) is 14.6 Å². The summed E-state index contributed by atoms with van der Waals surface area (Å²) in [6.45, 7) is 8.98. The van der Waals surface area contributed by atoms with Gasteiger partial charge < -0.3 is 9.84 Å². The maximum Gasteiger partial charge on any atom is 0.240 e. The molecule has 7 heteroatoms. The quantitative estimate of drug-likeness (QED) is 0.871. The van der Waals surface area contributed by atoms with Crippen molar-refractivity contribution in [2.24, 2.45) is 5.92 Å². The summed E-state index contributed by atoms with van der Waals surface area (Å²) in [5.74, 6) is 2.26. The van der Waals surface area contributed by atoms with E-state index in [1.807, 2.05) is 6.92 Å². The summed E-state index contributed by atoms with van der Waals surface area (Å²) < 4.78 is 5.17. The molecule has 0 aromatic carbocycles. The van der Waals surface area contributed by atoms with E-state index < -0.39 is 0 Å². The molecule has 134 valence electrons. The fraction of sp³-hybridized carbons (Fsp3) is 0.824. The summed E-state index contributed by atoms with van der Waals surface area (Å²) in [5.41, 5.74) is 0. The number of nitrogens with zero attached hydrogens (tertiary/aromatic N) is 4. The van der Waals surface area contributed by atoms with Gasteiger partial charge in [0, 0.05) is 32.2 Å². The second kappa shape index (κ2) is 8.07. The van der Waals surface area contributed by atoms with Gasteiger partial charge in [0.05, 0.1) is 13.1 Å². The zero-order valence-corrected chi connectivity index (χ0v) is 14.8. The van der Waals surface area contributed by atoms with Crippen molar-refractivity contribution < 1.29 is 9.32 Å². The highest BCUT2D eigenvalue weighted by Gasteiger charge is 2.23. The Bertz CT molecular complexity index is 539. The average Bonchev–Trinajstić information content (AvgIpc) is 2.94. The number of hydrogen-bond acceptors (Lipinski definition) is 6. The third kappa shape index (κ3) is 5.01. The van der Waals surface area contributed by atoms with Crippen LogP contribution in [0.5, 0.6) is 0 Å². The molecule has 3 rings (SSSR count). The number of piperazine rings is 1. The van der Waals surface area contributed by atoms with Crippen molar-refractivity contribution >= 4 is 5.91 Å². The molecule has 2 heterocycles. The minimum Gasteiger partial charge on any atom is -0.352 e. The summed E-state index contributed by atoms with van der Waals surface area (Å²) >= 11 is 0. The number of amides is 1. The van der Waals surface area contributed by atoms with Gasteiger partial charge >= 0.3 is 0 Å². The Labute approximate surface area is 143 Å². The maximum atomic E-state index is 12.3. The number of nitrogens with one attached hydrogen (secondary N) is 1. The highest BCUT2D eigenvalue weighted by Crippen LogP contribution is 2.23. The molecule has 7 nitrogen and oxygen atoms in total. The van der Waals surface area contributed by atoms with Gasteiger partial charge in [-0.2, -0.15) is 4.98 Å². The van der Waals surface area contributed by atoms with Crippen LogP contribution in [0, 0.1) is 12.8 Å². The fourth-order valence-electron chi connectivity index (χ4n) is 3.74. The molecular formula is C17H29N5O2. The van der Waals surface area contributed by atoms with Gasteiger partial charge in [-0.1, -0.05) is 24.9 Å². The molecule has 1 aromatic heterocycles. The first-order valence-corrected chi connectivity index (χ1v) is 9.12. The van der Waals surface area contributed by atoms with Gasteiger partial charge in [-0.15, -0.1) is 0 Å². The third-order valence-electron chi connectivity index (χ3n) is 5.06. The molecule has 0 radical (unpaired) electrons. The normalized spacial score (nSPS) is 26.4. The number of hydrogen-bond donors (Lipinski definition) is 1. The minimum atomic E-state index is 0.176. The standard InChI is InChI=1S/C17H29N5O2/c1-13-4-3-5-15(10-13)19-16(23)11-21-6-8-22(9-7-21)12-17-18-14(2)20-24-17/h13,15H,3-12H2,1-2H3,(H,19,23). The first-order valence-electron chi connectivity index (χ1n) is 9.12. The van der Waals surface area contributed by atoms with Crippen molar-refractivity contribution in [1.29, 1.82) is 0 Å². The molecule has 24 heavy (non-hydrogen) atoms. The lowest BCUT2D eigenvalue weighted by molar-refractivity contribution is -0.123. The predicted octanol–water partition coefficient (Wildman–Crippen LogP) is 1.19. The van der Waals surface area contributed by atoms with Gasteiger partial charge in [0.25, 0.3) is 0 Å². The molecule has 1 aliphatic carbocycles. The highest BCUT2D eigenvalue weighted by molar-refractivity contribution is 5.78. The summed E-state index contributed by atoms with van der Waals surface area (Å²) in [6.07, 6.45) is 4.80. The lowest BCUT2D eigenvalue weighted by atomic mass is 9.87. The third-order valence-corrected chi connectivity index (χ3v) is 5.06. The van der Waals surface area contributed by atoms with Crippen molar-refractivity contribution in [2.45, 2.75) is 52.1 Å². The van der Waals surface area contributed by atoms with Crippen molar-refractivity contribution in [3.63, 3.8) is 0 Å². The van der Waals surface area contributed by atoms with Gasteiger partial charge in [0.15, 0.2) is 5.82 Å². The second-order valence-electron chi connectivity index (χ2n) is 7.32. The average molecular weight is 335 g/mol. The molecule has 0 spiro atoms. The molecule has 1 aromatic rings. The van der Waals surface area contributed by atoms with Crippen LogP contribution >= 0.6 is 0 Å². The summed E-state index contributed by atoms with van der Waals surface area (Å²) in [6, 6.07) is 0.378. The van der Waals surface area contributed by atoms with E-state index in [4.69, 9.17) is 4.52 Å². The van der Waals surface area contributed by atoms with Crippen LogP contribution in [0.15, 0.2) is 4.52 Å². The molecule has 1 N–H and O–H groups in total. The summed E-state index contributed by atoms with van der Waals surface area (Å²) in [4.78, 5) is 21.0. The number of carbonyl (C=O) groups is 1. The Morgan fingerprint density at radius 1 is 1.25 bits per heavy atom. The molecule has 2 atom stereocenters. The number of carbonyl (C=O) groups excluding carboxylic acids is 1. The van der Waals surface area contributed by atoms with Gasteiger partial charge in [-0.05, 0) is 25.7 Å². The fourth-order valence-corrected chi connectivity index (χ4v) is 3.74. The summed E-state index contributed by atoms with van der Waals surface area (Å²) in [5, 5.41) is 7.04. The Hall–Kier alpha value is -1.47. The minimum absolute atomic E-state index is 0.176. The van der Waals surface area contributed by atoms with Crippen LogP contribution < -0.4 is 5.32 Å². The van der Waals surface area contributed by atoms with Crippen molar-refractivity contribution in [1.82, 2.24) is 25.3 Å². The molecule has 2 aliphatic rings. The molecule has 1 amide bonds. The topological polar surface area (TPSA) is 74.5 Å². The largest absolute Gasteiger partial charge is 0.352 e. The van der Waals surface area contributed by atoms with E-state index in [2.05, 4.69) is 32.2 Å². The molecule has 1 saturated heterocycles. The zero-order valence-electron chi connectivity index (χ0n) is 14.8. The van der Waals surface area contributed by atoms with Crippen LogP contribution in [-0.2, 0) is 11.3 Å². The van der Waals surface area contributed by atoms with Crippen LogP contribution in [0.4, 0.5) is 0 Å². The van der Waals surface area contributed by atoms with E-state index >= 15 is 0 Å². The van der Waals surface area contributed by atoms with Crippen LogP contribution in [0.25, 0.3) is 0 Å². The maximum absolute atomic E-state index is 12.3. The van der Waals surface area contributed by atoms with E-state index in [1.165, 1.54) is 12.8 Å². The molecular weight excluding hydrogens is 306 g/mol. The van der Waals surface area contributed by atoms with Crippen LogP contribution in [0.1, 0.15) is 44.3 Å². The summed E-state index contributed by atoms with van der Waals surface area (Å²) in [7, 11) is 0. The van der Waals surface area contributed by atoms with Crippen LogP contribution in [-0.4, -0.2) is 64.6 Å². The van der Waals surface area contributed by atoms with Crippen LogP contribution in [0.3, 0.4) is 0 Å². The van der Waals surface area contributed by atoms with Gasteiger partial charge in [0.1, 0.15) is 0 Å². The Morgan fingerprint density at radius 3 is 2.67 bits per heavy atom. The predicted molar refractivity (Wildman–Crippen MR) is 90.3 cm³/mol. The van der Waals surface area contributed by atoms with Gasteiger partial charge in [-0.25, -0.2) is 0 Å². The van der Waals surface area contributed by atoms with Crippen molar-refractivity contribution in [2.75, 3.05) is 32.7 Å². The van der Waals surface area contributed by atoms with E-state index in [0.29, 0.717) is 30.8 Å². The second-order valence-corrected chi connectivity index (χ2v) is 7.32. The van der Waals surface area contributed by atoms with Crippen LogP contribution in [0.2, 0.25) is 0 Å². The highest BCUT2D eigenvalue weighted by atomic mass is 16.5. The van der Waals surface area contributed by atoms with E-state index in [9.17, 15) is 4.79 Å². The lowest BCUT2D eigenvalue weighted by Crippen LogP contribution is -2.50. The monoisotopic (exact) mass is 335 g/mol. The molecule has 1 aliphatic heterocycles. The van der Waals surface area contributed by atoms with Crippen molar-refractivity contribution in [3.8, 4) is 0 Å². The zero-order chi connectivity index (χ0) is 16.9. The molecule has 1 saturated carbocycles. The van der Waals surface area contributed by atoms with Crippen molar-refractivity contribution in [3.05, 3.63) is 11.7 Å². The molecule has 2 unspecified atom stereocenters. The molecule has 0 bridgehead atoms. The van der Waals surface area contributed by atoms with Gasteiger partial charge in [0.2, 0.25) is 11.8 Å². The number of rotatable bonds is 5. The first-order chi connectivity index (χ1) is 11.6. The Kier molecular flexibility index (Phi) is 5.84. The Balaban J connectivity index is 1.36. The van der Waals surface area contributed by atoms with E-state index in [0.717, 1.165) is 44.9 Å². The first kappa shape index (κ1) is 17.4. The number of aromatic nitrogens is 2. The van der Waals surface area contributed by atoms with E-state index in [1.54, 1.807) is 0 Å².